The van der Waals surface area contributed by atoms with Crippen LogP contribution in [0.3, 0.4) is 0 Å². The first-order valence-corrected chi connectivity index (χ1v) is 9.45. The number of aliphatic hydroxyl groups is 1. The van der Waals surface area contributed by atoms with Crippen molar-refractivity contribution >= 4 is 17.0 Å². The second-order valence-electron chi connectivity index (χ2n) is 6.60. The fraction of sp³-hybridized carbons (Fsp3) is 0.190. The van der Waals surface area contributed by atoms with Crippen LogP contribution >= 0.6 is 11.3 Å². The van der Waals surface area contributed by atoms with Crippen LogP contribution < -0.4 is 0 Å². The van der Waals surface area contributed by atoms with Gasteiger partial charge in [0.1, 0.15) is 17.7 Å². The van der Waals surface area contributed by atoms with Crippen LogP contribution in [-0.4, -0.2) is 28.6 Å². The molecule has 6 heteroatoms. The first-order valence-electron chi connectivity index (χ1n) is 8.57. The molecule has 0 bridgehead atoms. The number of hydrogen-bond acceptors (Lipinski definition) is 4. The van der Waals surface area contributed by atoms with E-state index in [1.165, 1.54) is 12.1 Å². The maximum Gasteiger partial charge on any atom is 0.126 e. The molecule has 1 aliphatic heterocycles. The molecule has 0 radical (unpaired) electrons. The molecule has 0 amide bonds. The Kier molecular flexibility index (Phi) is 4.76. The van der Waals surface area contributed by atoms with Crippen molar-refractivity contribution in [1.82, 2.24) is 9.88 Å². The number of thiophene rings is 1. The van der Waals surface area contributed by atoms with Gasteiger partial charge in [-0.2, -0.15) is 0 Å². The van der Waals surface area contributed by atoms with Crippen molar-refractivity contribution in [2.24, 2.45) is 0 Å². The van der Waals surface area contributed by atoms with E-state index in [-0.39, 0.29) is 5.92 Å². The summed E-state index contributed by atoms with van der Waals surface area (Å²) in [5.74, 6) is -1.34. The lowest BCUT2D eigenvalue weighted by Gasteiger charge is -2.20. The Balaban J connectivity index is 1.91. The van der Waals surface area contributed by atoms with Crippen LogP contribution in [0.2, 0.25) is 0 Å². The third-order valence-electron chi connectivity index (χ3n) is 4.80. The number of benzene rings is 1. The third-order valence-corrected chi connectivity index (χ3v) is 5.79. The van der Waals surface area contributed by atoms with Crippen LogP contribution in [0.15, 0.2) is 65.8 Å². The van der Waals surface area contributed by atoms with Crippen molar-refractivity contribution in [2.75, 3.05) is 13.6 Å². The predicted molar refractivity (Wildman–Crippen MR) is 102 cm³/mol. The first-order chi connectivity index (χ1) is 13.0. The Morgan fingerprint density at radius 3 is 2.59 bits per heavy atom. The Labute approximate surface area is 160 Å². The van der Waals surface area contributed by atoms with Gasteiger partial charge in [0.2, 0.25) is 0 Å². The van der Waals surface area contributed by atoms with E-state index < -0.39 is 17.7 Å². The second kappa shape index (κ2) is 7.21. The van der Waals surface area contributed by atoms with Gasteiger partial charge >= 0.3 is 0 Å². The standard InChI is InChI=1S/C21H18F2N2OS/c1-25-12-17(18-5-3-7-27-18)19(21(26)13-4-2-6-24-11-13)20(25)14-8-15(22)10-16(23)9-14/h2-11,17,21,26H,12H2,1H3. The molecular weight excluding hydrogens is 366 g/mol. The van der Waals surface area contributed by atoms with E-state index in [1.807, 2.05) is 29.5 Å². The van der Waals surface area contributed by atoms with E-state index in [0.717, 1.165) is 16.5 Å². The summed E-state index contributed by atoms with van der Waals surface area (Å²) in [6.45, 7) is 0.626. The summed E-state index contributed by atoms with van der Waals surface area (Å²) in [7, 11) is 1.88. The van der Waals surface area contributed by atoms with E-state index in [4.69, 9.17) is 0 Å². The molecule has 3 heterocycles. The molecule has 4 rings (SSSR count). The van der Waals surface area contributed by atoms with Crippen LogP contribution in [0.1, 0.15) is 28.0 Å². The lowest BCUT2D eigenvalue weighted by atomic mass is 9.89. The topological polar surface area (TPSA) is 36.4 Å². The third kappa shape index (κ3) is 3.38. The molecule has 2 aromatic heterocycles. The largest absolute Gasteiger partial charge is 0.384 e. The van der Waals surface area contributed by atoms with Gasteiger partial charge in [0.25, 0.3) is 0 Å². The normalized spacial score (nSPS) is 18.2. The van der Waals surface area contributed by atoms with Gasteiger partial charge in [-0.1, -0.05) is 12.1 Å². The van der Waals surface area contributed by atoms with E-state index in [2.05, 4.69) is 4.98 Å². The summed E-state index contributed by atoms with van der Waals surface area (Å²) < 4.78 is 27.8. The van der Waals surface area contributed by atoms with Crippen LogP contribution in [-0.2, 0) is 0 Å². The molecule has 0 fully saturated rings. The van der Waals surface area contributed by atoms with Crippen molar-refractivity contribution in [1.29, 1.82) is 0 Å². The van der Waals surface area contributed by atoms with Crippen LogP contribution in [0.25, 0.3) is 5.70 Å². The minimum absolute atomic E-state index is 0.0634. The SMILES string of the molecule is CN1CC(c2cccs2)C(C(O)c2cccnc2)=C1c1cc(F)cc(F)c1. The highest BCUT2D eigenvalue weighted by molar-refractivity contribution is 7.10. The number of hydrogen-bond donors (Lipinski definition) is 1. The molecule has 138 valence electrons. The molecule has 0 saturated heterocycles. The van der Waals surface area contributed by atoms with Crippen molar-refractivity contribution in [3.8, 4) is 0 Å². The maximum absolute atomic E-state index is 13.9. The van der Waals surface area contributed by atoms with Gasteiger partial charge in [-0.25, -0.2) is 8.78 Å². The quantitative estimate of drug-likeness (QED) is 0.714. The zero-order valence-corrected chi connectivity index (χ0v) is 15.5. The van der Waals surface area contributed by atoms with Gasteiger partial charge in [-0.15, -0.1) is 11.3 Å². The number of nitrogens with zero attached hydrogens (tertiary/aromatic N) is 2. The Hall–Kier alpha value is -2.57. The molecular formula is C21H18F2N2OS. The average molecular weight is 384 g/mol. The number of pyridine rings is 1. The molecule has 1 N–H and O–H groups in total. The van der Waals surface area contributed by atoms with Crippen LogP contribution in [0.5, 0.6) is 0 Å². The van der Waals surface area contributed by atoms with Gasteiger partial charge in [0, 0.05) is 59.7 Å². The van der Waals surface area contributed by atoms with Crippen LogP contribution in [0, 0.1) is 11.6 Å². The van der Waals surface area contributed by atoms with E-state index in [9.17, 15) is 13.9 Å². The summed E-state index contributed by atoms with van der Waals surface area (Å²) in [6, 6.07) is 11.0. The second-order valence-corrected chi connectivity index (χ2v) is 7.58. The Morgan fingerprint density at radius 1 is 1.19 bits per heavy atom. The summed E-state index contributed by atoms with van der Waals surface area (Å²) in [5.41, 5.74) is 2.46. The Bertz CT molecular complexity index is 953. The minimum Gasteiger partial charge on any atom is -0.384 e. The van der Waals surface area contributed by atoms with Crippen molar-refractivity contribution in [3.63, 3.8) is 0 Å². The molecule has 1 aromatic carbocycles. The highest BCUT2D eigenvalue weighted by atomic mass is 32.1. The molecule has 1 aliphatic rings. The summed E-state index contributed by atoms with van der Waals surface area (Å²) in [4.78, 5) is 7.15. The zero-order chi connectivity index (χ0) is 19.0. The fourth-order valence-electron chi connectivity index (χ4n) is 3.70. The number of halogens is 2. The molecule has 0 aliphatic carbocycles. The van der Waals surface area contributed by atoms with E-state index >= 15 is 0 Å². The number of likely N-dealkylation sites (N-methyl/N-ethyl adjacent to an activating group) is 1. The first kappa shape index (κ1) is 17.8. The monoisotopic (exact) mass is 384 g/mol. The lowest BCUT2D eigenvalue weighted by Crippen LogP contribution is -2.15. The maximum atomic E-state index is 13.9. The zero-order valence-electron chi connectivity index (χ0n) is 14.6. The van der Waals surface area contributed by atoms with E-state index in [1.54, 1.807) is 35.9 Å². The highest BCUT2D eigenvalue weighted by Gasteiger charge is 2.36. The highest BCUT2D eigenvalue weighted by Crippen LogP contribution is 2.46. The molecule has 0 spiro atoms. The van der Waals surface area contributed by atoms with Gasteiger partial charge in [0.05, 0.1) is 0 Å². The average Bonchev–Trinajstić information content (AvgIpc) is 3.28. The minimum atomic E-state index is -0.919. The van der Waals surface area contributed by atoms with Crippen LogP contribution in [0.4, 0.5) is 8.78 Å². The molecule has 27 heavy (non-hydrogen) atoms. The molecule has 3 nitrogen and oxygen atoms in total. The lowest BCUT2D eigenvalue weighted by molar-refractivity contribution is 0.210. The van der Waals surface area contributed by atoms with Crippen molar-refractivity contribution < 1.29 is 13.9 Å². The number of aromatic nitrogens is 1. The van der Waals surface area contributed by atoms with Crippen molar-refractivity contribution in [2.45, 2.75) is 12.0 Å². The smallest absolute Gasteiger partial charge is 0.126 e. The van der Waals surface area contributed by atoms with Crippen molar-refractivity contribution in [3.05, 3.63) is 93.4 Å². The summed E-state index contributed by atoms with van der Waals surface area (Å²) >= 11 is 1.61. The van der Waals surface area contributed by atoms with E-state index in [0.29, 0.717) is 23.4 Å². The molecule has 2 atom stereocenters. The summed E-state index contributed by atoms with van der Waals surface area (Å²) in [6.07, 6.45) is 2.34. The number of aliphatic hydroxyl groups excluding tert-OH is 1. The molecule has 0 saturated carbocycles. The van der Waals surface area contributed by atoms with Gasteiger partial charge < -0.3 is 10.0 Å². The molecule has 2 unspecified atom stereocenters. The van der Waals surface area contributed by atoms with Gasteiger partial charge in [0.15, 0.2) is 0 Å². The predicted octanol–water partition coefficient (Wildman–Crippen LogP) is 4.60. The fourth-order valence-corrected chi connectivity index (χ4v) is 4.53. The molecule has 3 aromatic rings. The summed E-state index contributed by atoms with van der Waals surface area (Å²) in [5, 5.41) is 13.2. The Morgan fingerprint density at radius 2 is 1.96 bits per heavy atom. The van der Waals surface area contributed by atoms with Gasteiger partial charge in [-0.05, 0) is 35.2 Å². The van der Waals surface area contributed by atoms with Gasteiger partial charge in [-0.3, -0.25) is 4.98 Å². The number of rotatable bonds is 4.